The van der Waals surface area contributed by atoms with Gasteiger partial charge < -0.3 is 14.7 Å². The average molecular weight is 279 g/mol. The Hall–Kier alpha value is -1.06. The van der Waals surface area contributed by atoms with Crippen molar-refractivity contribution in [2.75, 3.05) is 26.2 Å². The molecule has 0 unspecified atom stereocenters. The number of likely N-dealkylation sites (N-methyl/N-ethyl adjacent to an activating group) is 1. The van der Waals surface area contributed by atoms with Gasteiger partial charge >= 0.3 is 0 Å². The molecule has 3 heteroatoms. The quantitative estimate of drug-likeness (QED) is 0.793. The van der Waals surface area contributed by atoms with E-state index in [4.69, 9.17) is 4.74 Å². The molecule has 3 nitrogen and oxygen atoms in total. The molecule has 1 aromatic rings. The highest BCUT2D eigenvalue weighted by atomic mass is 16.5. The zero-order chi connectivity index (χ0) is 15.1. The van der Waals surface area contributed by atoms with E-state index in [1.165, 1.54) is 11.1 Å². The molecule has 0 saturated heterocycles. The van der Waals surface area contributed by atoms with E-state index in [0.717, 1.165) is 18.8 Å². The molecule has 20 heavy (non-hydrogen) atoms. The van der Waals surface area contributed by atoms with Crippen LogP contribution >= 0.6 is 0 Å². The summed E-state index contributed by atoms with van der Waals surface area (Å²) in [6.07, 6.45) is -0.449. The minimum Gasteiger partial charge on any atom is -0.491 e. The zero-order valence-electron chi connectivity index (χ0n) is 13.5. The van der Waals surface area contributed by atoms with Crippen LogP contribution in [0.2, 0.25) is 0 Å². The molecular weight excluding hydrogens is 250 g/mol. The Morgan fingerprint density at radius 1 is 1.20 bits per heavy atom. The van der Waals surface area contributed by atoms with Crippen molar-refractivity contribution in [3.05, 3.63) is 29.3 Å². The molecular formula is C17H29NO2. The standard InChI is InChI=1S/C17H29NO2/c1-6-18(7-2)11-15(19)12-20-17-10-14(5)8-9-16(17)13(3)4/h8-10,13,15,19H,6-7,11-12H2,1-5H3/t15-/m1/s1. The molecule has 0 aliphatic rings. The molecule has 0 aromatic heterocycles. The first-order valence-corrected chi connectivity index (χ1v) is 7.61. The summed E-state index contributed by atoms with van der Waals surface area (Å²) in [4.78, 5) is 2.20. The van der Waals surface area contributed by atoms with Crippen molar-refractivity contribution in [1.82, 2.24) is 4.90 Å². The number of hydrogen-bond acceptors (Lipinski definition) is 3. The molecule has 0 amide bonds. The fourth-order valence-electron chi connectivity index (χ4n) is 2.26. The second kappa shape index (κ2) is 8.28. The Bertz CT molecular complexity index is 400. The number of aryl methyl sites for hydroxylation is 1. The fourth-order valence-corrected chi connectivity index (χ4v) is 2.26. The van der Waals surface area contributed by atoms with Crippen LogP contribution in [0, 0.1) is 6.92 Å². The van der Waals surface area contributed by atoms with Gasteiger partial charge in [0.25, 0.3) is 0 Å². The van der Waals surface area contributed by atoms with E-state index in [0.29, 0.717) is 19.1 Å². The van der Waals surface area contributed by atoms with Crippen molar-refractivity contribution in [2.45, 2.75) is 46.6 Å². The SMILES string of the molecule is CCN(CC)C[C@@H](O)COc1cc(C)ccc1C(C)C. The van der Waals surface area contributed by atoms with Crippen molar-refractivity contribution in [3.8, 4) is 5.75 Å². The highest BCUT2D eigenvalue weighted by Gasteiger charge is 2.12. The van der Waals surface area contributed by atoms with Crippen LogP contribution in [0.3, 0.4) is 0 Å². The van der Waals surface area contributed by atoms with Gasteiger partial charge in [-0.3, -0.25) is 0 Å². The van der Waals surface area contributed by atoms with E-state index in [1.54, 1.807) is 0 Å². The summed E-state index contributed by atoms with van der Waals surface area (Å²) in [6, 6.07) is 6.28. The van der Waals surface area contributed by atoms with Crippen LogP contribution in [-0.4, -0.2) is 42.4 Å². The Labute approximate surface area is 123 Å². The van der Waals surface area contributed by atoms with Crippen molar-refractivity contribution in [3.63, 3.8) is 0 Å². The Kier molecular flexibility index (Phi) is 7.03. The summed E-state index contributed by atoms with van der Waals surface area (Å²) < 4.78 is 5.85. The number of aliphatic hydroxyl groups is 1. The highest BCUT2D eigenvalue weighted by Crippen LogP contribution is 2.27. The molecule has 0 aliphatic carbocycles. The molecule has 0 spiro atoms. The number of rotatable bonds is 8. The first kappa shape index (κ1) is 17.0. The van der Waals surface area contributed by atoms with Gasteiger partial charge in [0, 0.05) is 6.54 Å². The molecule has 114 valence electrons. The fraction of sp³-hybridized carbons (Fsp3) is 0.647. The van der Waals surface area contributed by atoms with Crippen LogP contribution < -0.4 is 4.74 Å². The van der Waals surface area contributed by atoms with Gasteiger partial charge in [-0.1, -0.05) is 39.8 Å². The van der Waals surface area contributed by atoms with E-state index in [9.17, 15) is 5.11 Å². The van der Waals surface area contributed by atoms with Crippen LogP contribution in [0.15, 0.2) is 18.2 Å². The smallest absolute Gasteiger partial charge is 0.123 e. The molecule has 0 aliphatic heterocycles. The summed E-state index contributed by atoms with van der Waals surface area (Å²) in [5.41, 5.74) is 2.38. The second-order valence-electron chi connectivity index (χ2n) is 5.65. The lowest BCUT2D eigenvalue weighted by molar-refractivity contribution is 0.0711. The predicted octanol–water partition coefficient (Wildman–Crippen LogP) is 3.20. The third kappa shape index (κ3) is 5.14. The molecule has 1 atom stereocenters. The summed E-state index contributed by atoms with van der Waals surface area (Å²) in [7, 11) is 0. The van der Waals surface area contributed by atoms with Crippen LogP contribution in [0.1, 0.15) is 44.7 Å². The summed E-state index contributed by atoms with van der Waals surface area (Å²) in [6.45, 7) is 13.5. The minimum atomic E-state index is -0.449. The molecule has 0 bridgehead atoms. The van der Waals surface area contributed by atoms with Gasteiger partial charge in [-0.15, -0.1) is 0 Å². The maximum Gasteiger partial charge on any atom is 0.123 e. The Morgan fingerprint density at radius 3 is 2.40 bits per heavy atom. The van der Waals surface area contributed by atoms with Gasteiger partial charge in [-0.2, -0.15) is 0 Å². The van der Waals surface area contributed by atoms with Gasteiger partial charge in [0.05, 0.1) is 0 Å². The Balaban J connectivity index is 2.62. The lowest BCUT2D eigenvalue weighted by atomic mass is 10.0. The largest absolute Gasteiger partial charge is 0.491 e. The number of ether oxygens (including phenoxy) is 1. The van der Waals surface area contributed by atoms with E-state index in [2.05, 4.69) is 57.7 Å². The monoisotopic (exact) mass is 279 g/mol. The highest BCUT2D eigenvalue weighted by molar-refractivity contribution is 5.39. The minimum absolute atomic E-state index is 0.347. The van der Waals surface area contributed by atoms with Crippen LogP contribution in [-0.2, 0) is 0 Å². The van der Waals surface area contributed by atoms with Crippen LogP contribution in [0.4, 0.5) is 0 Å². The average Bonchev–Trinajstić information content (AvgIpc) is 2.42. The van der Waals surface area contributed by atoms with Crippen molar-refractivity contribution >= 4 is 0 Å². The number of benzene rings is 1. The van der Waals surface area contributed by atoms with Crippen LogP contribution in [0.25, 0.3) is 0 Å². The summed E-state index contributed by atoms with van der Waals surface area (Å²) in [5.74, 6) is 1.32. The zero-order valence-corrected chi connectivity index (χ0v) is 13.5. The van der Waals surface area contributed by atoms with Crippen LogP contribution in [0.5, 0.6) is 5.75 Å². The predicted molar refractivity (Wildman–Crippen MR) is 84.6 cm³/mol. The van der Waals surface area contributed by atoms with Crippen molar-refractivity contribution in [1.29, 1.82) is 0 Å². The molecule has 0 saturated carbocycles. The van der Waals surface area contributed by atoms with E-state index >= 15 is 0 Å². The van der Waals surface area contributed by atoms with Gasteiger partial charge in [0.2, 0.25) is 0 Å². The van der Waals surface area contributed by atoms with Crippen molar-refractivity contribution < 1.29 is 9.84 Å². The van der Waals surface area contributed by atoms with Gasteiger partial charge in [0.15, 0.2) is 0 Å². The lowest BCUT2D eigenvalue weighted by Crippen LogP contribution is -2.35. The Morgan fingerprint density at radius 2 is 1.85 bits per heavy atom. The first-order valence-electron chi connectivity index (χ1n) is 7.61. The van der Waals surface area contributed by atoms with E-state index < -0.39 is 6.10 Å². The van der Waals surface area contributed by atoms with E-state index in [-0.39, 0.29) is 0 Å². The molecule has 1 N–H and O–H groups in total. The van der Waals surface area contributed by atoms with Gasteiger partial charge in [-0.05, 0) is 43.1 Å². The maximum atomic E-state index is 10.1. The first-order chi connectivity index (χ1) is 9.47. The normalized spacial score (nSPS) is 13.0. The third-order valence-corrected chi connectivity index (χ3v) is 3.59. The number of nitrogens with zero attached hydrogens (tertiary/aromatic N) is 1. The third-order valence-electron chi connectivity index (χ3n) is 3.59. The van der Waals surface area contributed by atoms with Gasteiger partial charge in [0.1, 0.15) is 18.5 Å². The van der Waals surface area contributed by atoms with Gasteiger partial charge in [-0.25, -0.2) is 0 Å². The lowest BCUT2D eigenvalue weighted by Gasteiger charge is -2.23. The number of aliphatic hydroxyl groups excluding tert-OH is 1. The van der Waals surface area contributed by atoms with Crippen molar-refractivity contribution in [2.24, 2.45) is 0 Å². The second-order valence-corrected chi connectivity index (χ2v) is 5.65. The number of hydrogen-bond donors (Lipinski definition) is 1. The molecule has 1 aromatic carbocycles. The summed E-state index contributed by atoms with van der Waals surface area (Å²) in [5, 5.41) is 10.1. The maximum absolute atomic E-state index is 10.1. The topological polar surface area (TPSA) is 32.7 Å². The molecule has 0 heterocycles. The van der Waals surface area contributed by atoms with E-state index in [1.807, 2.05) is 0 Å². The molecule has 1 rings (SSSR count). The molecule has 0 fully saturated rings. The summed E-state index contributed by atoms with van der Waals surface area (Å²) >= 11 is 0. The molecule has 0 radical (unpaired) electrons.